The number of carboxylic acid groups (broad SMARTS) is 1. The summed E-state index contributed by atoms with van der Waals surface area (Å²) < 4.78 is 30.7. The van der Waals surface area contributed by atoms with Crippen molar-refractivity contribution in [3.63, 3.8) is 0 Å². The van der Waals surface area contributed by atoms with Crippen LogP contribution in [0.1, 0.15) is 64.2 Å². The maximum absolute atomic E-state index is 14.5. The van der Waals surface area contributed by atoms with E-state index in [1.165, 1.54) is 38.2 Å². The van der Waals surface area contributed by atoms with E-state index in [2.05, 4.69) is 5.01 Å². The molecule has 0 radical (unpaired) electrons. The minimum Gasteiger partial charge on any atom is -0.481 e. The van der Waals surface area contributed by atoms with Crippen molar-refractivity contribution in [1.29, 1.82) is 0 Å². The molecule has 8 heteroatoms. The molecule has 0 atom stereocenters. The number of fused-ring (bicyclic) bond motifs is 1. The quantitative estimate of drug-likeness (QED) is 0.362. The first-order chi connectivity index (χ1) is 17.4. The molecule has 1 heterocycles. The number of aliphatic carboxylic acids is 1. The summed E-state index contributed by atoms with van der Waals surface area (Å²) in [5, 5.41) is 12.4. The summed E-state index contributed by atoms with van der Waals surface area (Å²) in [5.74, 6) is -1.66. The first-order valence-corrected chi connectivity index (χ1v) is 13.4. The van der Waals surface area contributed by atoms with Crippen LogP contribution in [0, 0.1) is 23.5 Å². The average molecular weight is 516 g/mol. The summed E-state index contributed by atoms with van der Waals surface area (Å²) in [6.45, 7) is 0.748. The van der Waals surface area contributed by atoms with Crippen molar-refractivity contribution in [2.24, 2.45) is 11.8 Å². The van der Waals surface area contributed by atoms with Gasteiger partial charge in [-0.1, -0.05) is 43.7 Å². The summed E-state index contributed by atoms with van der Waals surface area (Å²) in [4.78, 5) is 16.3. The molecular formula is C28H32ClF2N3O2. The maximum atomic E-state index is 14.5. The Bertz CT molecular complexity index is 1220. The van der Waals surface area contributed by atoms with Gasteiger partial charge >= 0.3 is 5.97 Å². The van der Waals surface area contributed by atoms with Crippen molar-refractivity contribution < 1.29 is 18.7 Å². The van der Waals surface area contributed by atoms with Crippen LogP contribution in [0.4, 0.5) is 8.78 Å². The highest BCUT2D eigenvalue weighted by molar-refractivity contribution is 6.30. The van der Waals surface area contributed by atoms with Crippen LogP contribution < -0.4 is 5.01 Å². The third-order valence-electron chi connectivity index (χ3n) is 7.99. The van der Waals surface area contributed by atoms with Crippen LogP contribution >= 0.6 is 11.6 Å². The molecule has 0 aliphatic heterocycles. The number of halogens is 3. The second-order valence-electron chi connectivity index (χ2n) is 10.3. The molecule has 0 amide bonds. The van der Waals surface area contributed by atoms with Crippen molar-refractivity contribution in [3.05, 3.63) is 53.1 Å². The fraction of sp³-hybridized carbons (Fsp3) is 0.500. The highest BCUT2D eigenvalue weighted by Gasteiger charge is 2.32. The van der Waals surface area contributed by atoms with Crippen LogP contribution in [-0.2, 0) is 4.79 Å². The van der Waals surface area contributed by atoms with E-state index >= 15 is 0 Å². The number of hydrogen-bond donors (Lipinski definition) is 1. The van der Waals surface area contributed by atoms with E-state index in [9.17, 15) is 18.7 Å². The van der Waals surface area contributed by atoms with Gasteiger partial charge in [-0.05, 0) is 62.3 Å². The number of hydrogen-bond acceptors (Lipinski definition) is 3. The van der Waals surface area contributed by atoms with Crippen LogP contribution in [0.2, 0.25) is 5.02 Å². The lowest BCUT2D eigenvalue weighted by molar-refractivity contribution is -0.142. The van der Waals surface area contributed by atoms with Gasteiger partial charge in [-0.25, -0.2) is 18.4 Å². The molecule has 192 valence electrons. The molecule has 0 spiro atoms. The Morgan fingerprint density at radius 1 is 1.00 bits per heavy atom. The molecule has 1 N–H and O–H groups in total. The van der Waals surface area contributed by atoms with Gasteiger partial charge in [0.2, 0.25) is 0 Å². The molecule has 0 unspecified atom stereocenters. The van der Waals surface area contributed by atoms with Crippen LogP contribution in [-0.4, -0.2) is 33.3 Å². The summed E-state index contributed by atoms with van der Waals surface area (Å²) in [6.07, 6.45) is 9.89. The van der Waals surface area contributed by atoms with E-state index < -0.39 is 17.6 Å². The van der Waals surface area contributed by atoms with E-state index in [-0.39, 0.29) is 12.0 Å². The fourth-order valence-corrected chi connectivity index (χ4v) is 6.09. The van der Waals surface area contributed by atoms with Gasteiger partial charge in [0, 0.05) is 35.3 Å². The van der Waals surface area contributed by atoms with Gasteiger partial charge in [0.15, 0.2) is 17.5 Å². The third-order valence-corrected chi connectivity index (χ3v) is 8.24. The van der Waals surface area contributed by atoms with E-state index in [0.717, 1.165) is 37.4 Å². The molecular weight excluding hydrogens is 484 g/mol. The van der Waals surface area contributed by atoms with Gasteiger partial charge in [-0.2, -0.15) is 0 Å². The molecule has 2 aliphatic carbocycles. The van der Waals surface area contributed by atoms with Crippen molar-refractivity contribution in [2.45, 2.75) is 70.3 Å². The minimum atomic E-state index is -0.925. The zero-order valence-corrected chi connectivity index (χ0v) is 21.1. The van der Waals surface area contributed by atoms with E-state index in [0.29, 0.717) is 40.6 Å². The molecule has 2 saturated carbocycles. The van der Waals surface area contributed by atoms with Gasteiger partial charge in [-0.3, -0.25) is 4.79 Å². The average Bonchev–Trinajstić information content (AvgIpc) is 3.23. The van der Waals surface area contributed by atoms with Crippen LogP contribution in [0.25, 0.3) is 22.4 Å². The molecule has 5 rings (SSSR count). The fourth-order valence-electron chi connectivity index (χ4n) is 5.96. The summed E-state index contributed by atoms with van der Waals surface area (Å²) in [7, 11) is 0. The number of imidazole rings is 1. The number of carbonyl (C=O) groups is 1. The summed E-state index contributed by atoms with van der Waals surface area (Å²) in [6, 6.07) is 9.77. The lowest BCUT2D eigenvalue weighted by atomic mass is 9.84. The lowest BCUT2D eigenvalue weighted by Crippen LogP contribution is -2.47. The Kier molecular flexibility index (Phi) is 7.47. The molecule has 3 aromatic rings. The van der Waals surface area contributed by atoms with E-state index in [4.69, 9.17) is 16.6 Å². The molecule has 2 fully saturated rings. The highest BCUT2D eigenvalue weighted by Crippen LogP contribution is 2.34. The number of carboxylic acids is 1. The standard InChI is InChI=1S/C28H32ClF2N3O2/c29-21-10-6-19(7-11-21)27-32-25-16-23(30)24(31)17-26(25)34(27)33(15-14-18-4-2-1-3-5-18)22-12-8-20(9-13-22)28(35)36/h6-7,10-11,16-18,20,22H,1-5,8-9,12-15H2,(H,35,36). The molecule has 0 saturated heterocycles. The molecule has 1 aromatic heterocycles. The first-order valence-electron chi connectivity index (χ1n) is 13.0. The van der Waals surface area contributed by atoms with Crippen molar-refractivity contribution >= 4 is 28.6 Å². The Balaban J connectivity index is 1.58. The SMILES string of the molecule is O=C(O)C1CCC(N(CCC2CCCCC2)n2c(-c3ccc(Cl)cc3)nc3cc(F)c(F)cc32)CC1. The molecule has 2 aromatic carbocycles. The monoisotopic (exact) mass is 515 g/mol. The van der Waals surface area contributed by atoms with Crippen molar-refractivity contribution in [3.8, 4) is 11.4 Å². The zero-order valence-electron chi connectivity index (χ0n) is 20.3. The van der Waals surface area contributed by atoms with Crippen molar-refractivity contribution in [1.82, 2.24) is 9.66 Å². The van der Waals surface area contributed by atoms with Gasteiger partial charge in [0.1, 0.15) is 0 Å². The number of aromatic nitrogens is 2. The third kappa shape index (κ3) is 5.22. The second-order valence-corrected chi connectivity index (χ2v) is 10.7. The zero-order chi connectivity index (χ0) is 25.2. The van der Waals surface area contributed by atoms with Crippen LogP contribution in [0.5, 0.6) is 0 Å². The Hall–Kier alpha value is -2.67. The minimum absolute atomic E-state index is 0.0840. The van der Waals surface area contributed by atoms with Gasteiger partial charge in [0.25, 0.3) is 0 Å². The van der Waals surface area contributed by atoms with Gasteiger partial charge in [0.05, 0.1) is 17.0 Å². The lowest BCUT2D eigenvalue weighted by Gasteiger charge is -2.40. The van der Waals surface area contributed by atoms with Gasteiger partial charge in [-0.15, -0.1) is 0 Å². The topological polar surface area (TPSA) is 58.4 Å². The number of benzene rings is 2. The summed E-state index contributed by atoms with van der Waals surface area (Å²) >= 11 is 6.13. The Morgan fingerprint density at radius 3 is 2.33 bits per heavy atom. The number of rotatable bonds is 7. The van der Waals surface area contributed by atoms with Crippen molar-refractivity contribution in [2.75, 3.05) is 11.6 Å². The summed E-state index contributed by atoms with van der Waals surface area (Å²) in [5.41, 5.74) is 1.71. The van der Waals surface area contributed by atoms with Crippen LogP contribution in [0.15, 0.2) is 36.4 Å². The van der Waals surface area contributed by atoms with E-state index in [1.54, 1.807) is 12.1 Å². The Morgan fingerprint density at radius 2 is 1.67 bits per heavy atom. The maximum Gasteiger partial charge on any atom is 0.306 e. The van der Waals surface area contributed by atoms with E-state index in [1.807, 2.05) is 16.8 Å². The predicted molar refractivity (Wildman–Crippen MR) is 138 cm³/mol. The molecule has 2 aliphatic rings. The number of nitrogens with zero attached hydrogens (tertiary/aromatic N) is 3. The second kappa shape index (κ2) is 10.8. The highest BCUT2D eigenvalue weighted by atomic mass is 35.5. The van der Waals surface area contributed by atoms with Gasteiger partial charge < -0.3 is 10.1 Å². The smallest absolute Gasteiger partial charge is 0.306 e. The van der Waals surface area contributed by atoms with Crippen LogP contribution in [0.3, 0.4) is 0 Å². The largest absolute Gasteiger partial charge is 0.481 e. The Labute approximate surface area is 215 Å². The first kappa shape index (κ1) is 25.0. The molecule has 36 heavy (non-hydrogen) atoms. The molecule has 0 bridgehead atoms. The normalized spacial score (nSPS) is 21.1. The predicted octanol–water partition coefficient (Wildman–Crippen LogP) is 7.19. The molecule has 5 nitrogen and oxygen atoms in total.